The fourth-order valence-corrected chi connectivity index (χ4v) is 5.34. The molecule has 0 saturated carbocycles. The Morgan fingerprint density at radius 1 is 0.857 bits per heavy atom. The molecule has 0 heterocycles. The number of benzene rings is 4. The summed E-state index contributed by atoms with van der Waals surface area (Å²) in [5.74, 6) is -1.18. The largest absolute Gasteiger partial charge is 0.457 e. The Balaban J connectivity index is 1.72. The molecule has 0 aliphatic carbocycles. The molecule has 0 saturated heterocycles. The van der Waals surface area contributed by atoms with Crippen molar-refractivity contribution in [3.05, 3.63) is 119 Å². The summed E-state index contributed by atoms with van der Waals surface area (Å²) in [5.41, 5.74) is 8.32. The molecule has 0 atom stereocenters. The number of hydrogen-bond acceptors (Lipinski definition) is 6. The number of carbonyl (C=O) groups excluding carboxylic acids is 2. The van der Waals surface area contributed by atoms with Crippen molar-refractivity contribution in [1.29, 1.82) is 5.41 Å². The van der Waals surface area contributed by atoms with Gasteiger partial charge in [0.2, 0.25) is 10.0 Å². The molecule has 5 N–H and O–H groups in total. The second kappa shape index (κ2) is 13.2. The number of carbonyl (C=O) groups is 2. The van der Waals surface area contributed by atoms with E-state index in [1.165, 1.54) is 18.2 Å². The van der Waals surface area contributed by atoms with E-state index < -0.39 is 21.9 Å². The van der Waals surface area contributed by atoms with Gasteiger partial charge in [-0.15, -0.1) is 0 Å². The smallest absolute Gasteiger partial charge is 0.339 e. The van der Waals surface area contributed by atoms with Crippen LogP contribution in [0.25, 0.3) is 11.1 Å². The van der Waals surface area contributed by atoms with Gasteiger partial charge in [0, 0.05) is 23.4 Å². The van der Waals surface area contributed by atoms with Crippen molar-refractivity contribution in [1.82, 2.24) is 4.72 Å². The highest BCUT2D eigenvalue weighted by Crippen LogP contribution is 2.31. The summed E-state index contributed by atoms with van der Waals surface area (Å²) in [6, 6.07) is 26.5. The molecule has 0 unspecified atom stereocenters. The molecular formula is C32H32N4O5S. The van der Waals surface area contributed by atoms with Gasteiger partial charge in [0.1, 0.15) is 12.4 Å². The summed E-state index contributed by atoms with van der Waals surface area (Å²) in [4.78, 5) is 26.8. The quantitative estimate of drug-likeness (QED) is 0.108. The van der Waals surface area contributed by atoms with E-state index in [-0.39, 0.29) is 40.9 Å². The number of esters is 1. The number of nitrogens with one attached hydrogen (secondary N) is 3. The summed E-state index contributed by atoms with van der Waals surface area (Å²) >= 11 is 0. The third kappa shape index (κ3) is 7.48. The highest BCUT2D eigenvalue weighted by molar-refractivity contribution is 7.89. The van der Waals surface area contributed by atoms with Crippen molar-refractivity contribution in [2.75, 3.05) is 11.9 Å². The van der Waals surface area contributed by atoms with Crippen LogP contribution in [0.15, 0.2) is 102 Å². The Morgan fingerprint density at radius 3 is 2.17 bits per heavy atom. The number of nitrogen functional groups attached to an aromatic ring is 1. The SMILES string of the molecule is CC(C)CNS(=O)(=O)c1ccc(-c2ccccc2C(=O)Nc2ccc(C(=N)N)cc2)c(C(=O)OCc2ccccc2)c1. The predicted molar refractivity (Wildman–Crippen MR) is 163 cm³/mol. The highest BCUT2D eigenvalue weighted by atomic mass is 32.2. The zero-order valence-corrected chi connectivity index (χ0v) is 24.1. The Morgan fingerprint density at radius 2 is 1.50 bits per heavy atom. The minimum atomic E-state index is -3.92. The number of anilines is 1. The van der Waals surface area contributed by atoms with Crippen LogP contribution in [-0.2, 0) is 21.4 Å². The highest BCUT2D eigenvalue weighted by Gasteiger charge is 2.23. The van der Waals surface area contributed by atoms with Crippen molar-refractivity contribution >= 4 is 33.4 Å². The van der Waals surface area contributed by atoms with Crippen LogP contribution < -0.4 is 15.8 Å². The molecular weight excluding hydrogens is 552 g/mol. The second-order valence-corrected chi connectivity index (χ2v) is 11.8. The van der Waals surface area contributed by atoms with Gasteiger partial charge in [-0.1, -0.05) is 68.4 Å². The van der Waals surface area contributed by atoms with Crippen LogP contribution >= 0.6 is 0 Å². The zero-order valence-electron chi connectivity index (χ0n) is 23.3. The summed E-state index contributed by atoms with van der Waals surface area (Å²) < 4.78 is 34.2. The van der Waals surface area contributed by atoms with E-state index in [1.54, 1.807) is 48.5 Å². The molecule has 4 rings (SSSR count). The van der Waals surface area contributed by atoms with E-state index >= 15 is 0 Å². The Labute approximate surface area is 245 Å². The Bertz CT molecular complexity index is 1700. The molecule has 10 heteroatoms. The molecule has 0 spiro atoms. The number of amidine groups is 1. The standard InChI is InChI=1S/C32H32N4O5S/c1-21(2)19-35-42(39,40)25-16-17-27(29(18-25)32(38)41-20-22-8-4-3-5-9-22)26-10-6-7-11-28(26)31(37)36-24-14-12-23(13-15-24)30(33)34/h3-18,21,35H,19-20H2,1-2H3,(H3,33,34)(H,36,37). The first-order valence-electron chi connectivity index (χ1n) is 13.2. The van der Waals surface area contributed by atoms with E-state index in [0.29, 0.717) is 22.4 Å². The molecule has 1 amide bonds. The van der Waals surface area contributed by atoms with Gasteiger partial charge in [-0.2, -0.15) is 0 Å². The van der Waals surface area contributed by atoms with Gasteiger partial charge in [-0.25, -0.2) is 17.9 Å². The number of rotatable bonds is 11. The topological polar surface area (TPSA) is 151 Å². The predicted octanol–water partition coefficient (Wildman–Crippen LogP) is 5.18. The molecule has 4 aromatic carbocycles. The van der Waals surface area contributed by atoms with Crippen molar-refractivity contribution in [2.24, 2.45) is 11.7 Å². The first-order chi connectivity index (χ1) is 20.0. The third-order valence-electron chi connectivity index (χ3n) is 6.33. The molecule has 0 fully saturated rings. The van der Waals surface area contributed by atoms with Crippen LogP contribution in [0.4, 0.5) is 5.69 Å². The Hall–Kier alpha value is -4.80. The molecule has 0 bridgehead atoms. The van der Waals surface area contributed by atoms with Crippen LogP contribution in [0, 0.1) is 11.3 Å². The van der Waals surface area contributed by atoms with Gasteiger partial charge in [-0.3, -0.25) is 10.2 Å². The lowest BCUT2D eigenvalue weighted by Gasteiger charge is -2.16. The van der Waals surface area contributed by atoms with Gasteiger partial charge in [-0.05, 0) is 65.1 Å². The maximum Gasteiger partial charge on any atom is 0.339 e. The van der Waals surface area contributed by atoms with Crippen molar-refractivity contribution in [2.45, 2.75) is 25.3 Å². The first-order valence-corrected chi connectivity index (χ1v) is 14.7. The number of nitrogens with two attached hydrogens (primary N) is 1. The van der Waals surface area contributed by atoms with Gasteiger partial charge >= 0.3 is 5.97 Å². The van der Waals surface area contributed by atoms with E-state index in [0.717, 1.165) is 5.56 Å². The fraction of sp³-hybridized carbons (Fsp3) is 0.156. The summed E-state index contributed by atoms with van der Waals surface area (Å²) in [6.07, 6.45) is 0. The summed E-state index contributed by atoms with van der Waals surface area (Å²) in [5, 5.41) is 10.4. The van der Waals surface area contributed by atoms with E-state index in [2.05, 4.69) is 10.0 Å². The van der Waals surface area contributed by atoms with Crippen LogP contribution in [0.2, 0.25) is 0 Å². The lowest BCUT2D eigenvalue weighted by molar-refractivity contribution is 0.0473. The lowest BCUT2D eigenvalue weighted by Crippen LogP contribution is -2.27. The average molecular weight is 585 g/mol. The third-order valence-corrected chi connectivity index (χ3v) is 7.75. The van der Waals surface area contributed by atoms with Gasteiger partial charge in [0.05, 0.1) is 10.5 Å². The minimum Gasteiger partial charge on any atom is -0.457 e. The fourth-order valence-electron chi connectivity index (χ4n) is 4.10. The van der Waals surface area contributed by atoms with E-state index in [4.69, 9.17) is 15.9 Å². The van der Waals surface area contributed by atoms with Gasteiger partial charge in [0.25, 0.3) is 5.91 Å². The number of sulfonamides is 1. The Kier molecular flexibility index (Phi) is 9.51. The summed E-state index contributed by atoms with van der Waals surface area (Å²) in [6.45, 7) is 3.99. The van der Waals surface area contributed by atoms with Crippen molar-refractivity contribution < 1.29 is 22.7 Å². The molecule has 0 aliphatic heterocycles. The monoisotopic (exact) mass is 584 g/mol. The maximum absolute atomic E-state index is 13.5. The van der Waals surface area contributed by atoms with Crippen LogP contribution in [0.1, 0.15) is 45.7 Å². The van der Waals surface area contributed by atoms with Crippen molar-refractivity contribution in [3.8, 4) is 11.1 Å². The zero-order chi connectivity index (χ0) is 30.3. The second-order valence-electron chi connectivity index (χ2n) is 10.0. The molecule has 0 radical (unpaired) electrons. The molecule has 42 heavy (non-hydrogen) atoms. The summed E-state index contributed by atoms with van der Waals surface area (Å²) in [7, 11) is -3.92. The van der Waals surface area contributed by atoms with Gasteiger partial charge < -0.3 is 15.8 Å². The van der Waals surface area contributed by atoms with Gasteiger partial charge in [0.15, 0.2) is 0 Å². The van der Waals surface area contributed by atoms with Crippen LogP contribution in [0.3, 0.4) is 0 Å². The normalized spacial score (nSPS) is 11.2. The maximum atomic E-state index is 13.5. The number of ether oxygens (including phenoxy) is 1. The van der Waals surface area contributed by atoms with Crippen LogP contribution in [-0.4, -0.2) is 32.7 Å². The van der Waals surface area contributed by atoms with Crippen LogP contribution in [0.5, 0.6) is 0 Å². The molecule has 0 aromatic heterocycles. The molecule has 9 nitrogen and oxygen atoms in total. The van der Waals surface area contributed by atoms with E-state index in [1.807, 2.05) is 44.2 Å². The molecule has 0 aliphatic rings. The average Bonchev–Trinajstić information content (AvgIpc) is 2.99. The van der Waals surface area contributed by atoms with Crippen molar-refractivity contribution in [3.63, 3.8) is 0 Å². The molecule has 216 valence electrons. The van der Waals surface area contributed by atoms with E-state index in [9.17, 15) is 18.0 Å². The minimum absolute atomic E-state index is 0.00409. The lowest BCUT2D eigenvalue weighted by atomic mass is 9.95. The number of amides is 1. The number of hydrogen-bond donors (Lipinski definition) is 4. The molecule has 4 aromatic rings. The first kappa shape index (κ1) is 30.2.